The molecule has 7 heteroatoms. The van der Waals surface area contributed by atoms with Gasteiger partial charge in [-0.3, -0.25) is 0 Å². The van der Waals surface area contributed by atoms with Crippen molar-refractivity contribution in [1.29, 1.82) is 0 Å². The van der Waals surface area contributed by atoms with Crippen molar-refractivity contribution in [2.75, 3.05) is 24.3 Å². The second-order valence-corrected chi connectivity index (χ2v) is 4.90. The van der Waals surface area contributed by atoms with Gasteiger partial charge in [0.2, 0.25) is 5.95 Å². The number of nitrogens with two attached hydrogens (primary N) is 1. The second-order valence-electron chi connectivity index (χ2n) is 4.09. The first-order chi connectivity index (χ1) is 10.1. The minimum Gasteiger partial charge on any atom is -0.490 e. The first-order valence-corrected chi connectivity index (χ1v) is 7.38. The molecule has 21 heavy (non-hydrogen) atoms. The van der Waals surface area contributed by atoms with Crippen LogP contribution in [0.25, 0.3) is 0 Å². The van der Waals surface area contributed by atoms with Crippen LogP contribution in [0.5, 0.6) is 11.5 Å². The normalized spacial score (nSPS) is 10.2. The lowest BCUT2D eigenvalue weighted by molar-refractivity contribution is 0.288. The Balaban J connectivity index is 2.25. The Morgan fingerprint density at radius 2 is 1.81 bits per heavy atom. The van der Waals surface area contributed by atoms with Crippen molar-refractivity contribution in [2.45, 2.75) is 13.8 Å². The molecule has 2 rings (SSSR count). The van der Waals surface area contributed by atoms with E-state index in [9.17, 15) is 0 Å². The predicted octanol–water partition coefficient (Wildman–Crippen LogP) is 3.36. The van der Waals surface area contributed by atoms with E-state index in [0.29, 0.717) is 41.1 Å². The van der Waals surface area contributed by atoms with Gasteiger partial charge in [-0.15, -0.1) is 0 Å². The van der Waals surface area contributed by atoms with Crippen LogP contribution in [0.3, 0.4) is 0 Å². The van der Waals surface area contributed by atoms with Crippen LogP contribution < -0.4 is 20.5 Å². The highest BCUT2D eigenvalue weighted by Gasteiger charge is 2.08. The molecule has 2 aromatic rings. The molecule has 0 amide bonds. The highest BCUT2D eigenvalue weighted by Crippen LogP contribution is 2.31. The molecular formula is C14H17BrN4O2. The van der Waals surface area contributed by atoms with Crippen molar-refractivity contribution < 1.29 is 9.47 Å². The van der Waals surface area contributed by atoms with Gasteiger partial charge in [0.15, 0.2) is 11.5 Å². The van der Waals surface area contributed by atoms with E-state index in [1.54, 1.807) is 6.07 Å². The maximum absolute atomic E-state index is 5.69. The molecule has 0 aliphatic rings. The van der Waals surface area contributed by atoms with Crippen LogP contribution >= 0.6 is 15.9 Å². The third-order valence-corrected chi connectivity index (χ3v) is 2.92. The Labute approximate surface area is 131 Å². The van der Waals surface area contributed by atoms with Gasteiger partial charge in [0.05, 0.1) is 13.2 Å². The Morgan fingerprint density at radius 3 is 2.48 bits per heavy atom. The van der Waals surface area contributed by atoms with Crippen molar-refractivity contribution in [3.63, 3.8) is 0 Å². The zero-order valence-electron chi connectivity index (χ0n) is 11.9. The molecule has 0 atom stereocenters. The Hall–Kier alpha value is -2.02. The molecule has 0 fully saturated rings. The molecule has 0 radical (unpaired) electrons. The minimum absolute atomic E-state index is 0.385. The number of anilines is 3. The van der Waals surface area contributed by atoms with Crippen LogP contribution in [0.15, 0.2) is 28.9 Å². The second kappa shape index (κ2) is 7.12. The number of nitrogens with one attached hydrogen (secondary N) is 1. The SMILES string of the molecule is CCOc1ccc(Nc2nc(N)cc(Br)n2)cc1OCC. The van der Waals surface area contributed by atoms with Gasteiger partial charge >= 0.3 is 0 Å². The lowest BCUT2D eigenvalue weighted by atomic mass is 10.2. The average molecular weight is 353 g/mol. The number of hydrogen-bond acceptors (Lipinski definition) is 6. The van der Waals surface area contributed by atoms with E-state index in [0.717, 1.165) is 5.69 Å². The molecule has 3 N–H and O–H groups in total. The third kappa shape index (κ3) is 4.22. The largest absolute Gasteiger partial charge is 0.490 e. The first-order valence-electron chi connectivity index (χ1n) is 6.59. The Kier molecular flexibility index (Phi) is 5.21. The van der Waals surface area contributed by atoms with Crippen LogP contribution in [0.4, 0.5) is 17.5 Å². The van der Waals surface area contributed by atoms with Crippen molar-refractivity contribution in [3.8, 4) is 11.5 Å². The summed E-state index contributed by atoms with van der Waals surface area (Å²) < 4.78 is 11.7. The van der Waals surface area contributed by atoms with Gasteiger partial charge in [-0.1, -0.05) is 0 Å². The number of nitrogen functional groups attached to an aromatic ring is 1. The van der Waals surface area contributed by atoms with E-state index in [-0.39, 0.29) is 0 Å². The zero-order chi connectivity index (χ0) is 15.2. The highest BCUT2D eigenvalue weighted by molar-refractivity contribution is 9.10. The van der Waals surface area contributed by atoms with Crippen LogP contribution in [0.1, 0.15) is 13.8 Å². The molecule has 1 aromatic carbocycles. The number of hydrogen-bond donors (Lipinski definition) is 2. The topological polar surface area (TPSA) is 82.3 Å². The standard InChI is InChI=1S/C14H17BrN4O2/c1-3-20-10-6-5-9(7-11(10)21-4-2)17-14-18-12(15)8-13(16)19-14/h5-8H,3-4H2,1-2H3,(H3,16,17,18,19). The maximum Gasteiger partial charge on any atom is 0.230 e. The number of nitrogens with zero attached hydrogens (tertiary/aromatic N) is 2. The summed E-state index contributed by atoms with van der Waals surface area (Å²) in [7, 11) is 0. The van der Waals surface area contributed by atoms with E-state index < -0.39 is 0 Å². The lowest BCUT2D eigenvalue weighted by Crippen LogP contribution is -2.02. The quantitative estimate of drug-likeness (QED) is 0.775. The molecule has 112 valence electrons. The summed E-state index contributed by atoms with van der Waals surface area (Å²) in [6.07, 6.45) is 0. The molecule has 0 unspecified atom stereocenters. The van der Waals surface area contributed by atoms with Gasteiger partial charge < -0.3 is 20.5 Å². The zero-order valence-corrected chi connectivity index (χ0v) is 13.5. The van der Waals surface area contributed by atoms with E-state index in [2.05, 4.69) is 31.2 Å². The van der Waals surface area contributed by atoms with Crippen LogP contribution in [-0.2, 0) is 0 Å². The van der Waals surface area contributed by atoms with Crippen LogP contribution in [-0.4, -0.2) is 23.2 Å². The number of rotatable bonds is 6. The summed E-state index contributed by atoms with van der Waals surface area (Å²) in [5.41, 5.74) is 6.48. The van der Waals surface area contributed by atoms with Gasteiger partial charge in [-0.05, 0) is 41.9 Å². The van der Waals surface area contributed by atoms with Gasteiger partial charge in [-0.25, -0.2) is 4.98 Å². The number of benzene rings is 1. The van der Waals surface area contributed by atoms with Crippen LogP contribution in [0.2, 0.25) is 0 Å². The fourth-order valence-electron chi connectivity index (χ4n) is 1.75. The van der Waals surface area contributed by atoms with Crippen molar-refractivity contribution in [1.82, 2.24) is 9.97 Å². The van der Waals surface area contributed by atoms with Crippen LogP contribution in [0, 0.1) is 0 Å². The van der Waals surface area contributed by atoms with Gasteiger partial charge in [-0.2, -0.15) is 4.98 Å². The van der Waals surface area contributed by atoms with E-state index in [1.165, 1.54) is 0 Å². The summed E-state index contributed by atoms with van der Waals surface area (Å²) in [6, 6.07) is 7.19. The summed E-state index contributed by atoms with van der Waals surface area (Å²) in [5, 5.41) is 3.09. The molecule has 0 aliphatic carbocycles. The molecule has 0 saturated heterocycles. The molecule has 0 bridgehead atoms. The highest BCUT2D eigenvalue weighted by atomic mass is 79.9. The lowest BCUT2D eigenvalue weighted by Gasteiger charge is -2.13. The fourth-order valence-corrected chi connectivity index (χ4v) is 2.15. The van der Waals surface area contributed by atoms with Crippen molar-refractivity contribution in [3.05, 3.63) is 28.9 Å². The van der Waals surface area contributed by atoms with E-state index in [1.807, 2.05) is 32.0 Å². The molecule has 1 heterocycles. The number of ether oxygens (including phenoxy) is 2. The third-order valence-electron chi connectivity index (χ3n) is 2.51. The van der Waals surface area contributed by atoms with Crippen molar-refractivity contribution >= 4 is 33.4 Å². The summed E-state index contributed by atoms with van der Waals surface area (Å²) in [5.74, 6) is 2.18. The van der Waals surface area contributed by atoms with E-state index in [4.69, 9.17) is 15.2 Å². The molecule has 1 aromatic heterocycles. The minimum atomic E-state index is 0.385. The van der Waals surface area contributed by atoms with Gasteiger partial charge in [0.1, 0.15) is 10.4 Å². The summed E-state index contributed by atoms with van der Waals surface area (Å²) >= 11 is 3.28. The fraction of sp³-hybridized carbons (Fsp3) is 0.286. The monoisotopic (exact) mass is 352 g/mol. The Bertz CT molecular complexity index is 602. The molecule has 0 saturated carbocycles. The molecule has 6 nitrogen and oxygen atoms in total. The maximum atomic E-state index is 5.69. The first kappa shape index (κ1) is 15.4. The molecular weight excluding hydrogens is 336 g/mol. The number of halogens is 1. The van der Waals surface area contributed by atoms with Crippen molar-refractivity contribution in [2.24, 2.45) is 0 Å². The molecule has 0 spiro atoms. The predicted molar refractivity (Wildman–Crippen MR) is 86.2 cm³/mol. The van der Waals surface area contributed by atoms with Gasteiger partial charge in [0.25, 0.3) is 0 Å². The van der Waals surface area contributed by atoms with Gasteiger partial charge in [0, 0.05) is 17.8 Å². The number of aromatic nitrogens is 2. The summed E-state index contributed by atoms with van der Waals surface area (Å²) in [6.45, 7) is 5.00. The molecule has 0 aliphatic heterocycles. The smallest absolute Gasteiger partial charge is 0.230 e. The average Bonchev–Trinajstić information content (AvgIpc) is 2.41. The van der Waals surface area contributed by atoms with E-state index >= 15 is 0 Å². The summed E-state index contributed by atoms with van der Waals surface area (Å²) in [4.78, 5) is 8.32. The Morgan fingerprint density at radius 1 is 1.10 bits per heavy atom.